The zero-order valence-corrected chi connectivity index (χ0v) is 10.4. The third kappa shape index (κ3) is 2.95. The van der Waals surface area contributed by atoms with Gasteiger partial charge >= 0.3 is 0 Å². The summed E-state index contributed by atoms with van der Waals surface area (Å²) in [6.45, 7) is 12.8. The van der Waals surface area contributed by atoms with Crippen molar-refractivity contribution < 1.29 is 0 Å². The molecule has 0 saturated heterocycles. The summed E-state index contributed by atoms with van der Waals surface area (Å²) in [7, 11) is 0. The molecule has 0 nitrogen and oxygen atoms in total. The van der Waals surface area contributed by atoms with Crippen molar-refractivity contribution in [3.05, 3.63) is 48.0 Å². The van der Waals surface area contributed by atoms with Crippen LogP contribution < -0.4 is 0 Å². The van der Waals surface area contributed by atoms with E-state index in [0.717, 1.165) is 6.42 Å². The lowest BCUT2D eigenvalue weighted by atomic mass is 9.80. The lowest BCUT2D eigenvalue weighted by molar-refractivity contribution is 0.533. The molecule has 0 aliphatic heterocycles. The topological polar surface area (TPSA) is 0 Å². The van der Waals surface area contributed by atoms with E-state index in [1.54, 1.807) is 0 Å². The van der Waals surface area contributed by atoms with Gasteiger partial charge in [0, 0.05) is 0 Å². The fraction of sp³-hybridized carbons (Fsp3) is 0.467. The third-order valence-electron chi connectivity index (χ3n) is 2.99. The molecule has 0 unspecified atom stereocenters. The second-order valence-electron chi connectivity index (χ2n) is 5.16. The molecular formula is C15H22. The predicted octanol–water partition coefficient (Wildman–Crippen LogP) is 4.66. The maximum Gasteiger partial charge on any atom is -0.00691 e. The first-order chi connectivity index (χ1) is 6.97. The van der Waals surface area contributed by atoms with Gasteiger partial charge in [0.15, 0.2) is 0 Å². The second-order valence-corrected chi connectivity index (χ2v) is 5.16. The molecule has 0 bridgehead atoms. The summed E-state index contributed by atoms with van der Waals surface area (Å²) in [6, 6.07) is 8.91. The minimum Gasteiger partial charge on any atom is -0.103 e. The first-order valence-corrected chi connectivity index (χ1v) is 5.68. The van der Waals surface area contributed by atoms with Gasteiger partial charge in [0.1, 0.15) is 0 Å². The summed E-state index contributed by atoms with van der Waals surface area (Å²) >= 11 is 0. The third-order valence-corrected chi connectivity index (χ3v) is 2.99. The van der Waals surface area contributed by atoms with Gasteiger partial charge < -0.3 is 0 Å². The van der Waals surface area contributed by atoms with Crippen LogP contribution in [0, 0.1) is 0 Å². The Morgan fingerprint density at radius 3 is 2.53 bits per heavy atom. The largest absolute Gasteiger partial charge is 0.103 e. The first-order valence-electron chi connectivity index (χ1n) is 5.68. The molecule has 0 aromatic heterocycles. The molecule has 0 aliphatic rings. The summed E-state index contributed by atoms with van der Waals surface area (Å²) in [5.74, 6) is 0.601. The van der Waals surface area contributed by atoms with E-state index in [1.165, 1.54) is 11.1 Å². The Labute approximate surface area is 94.0 Å². The standard InChI is InChI=1S/C15H22/c1-6-10-15(4,5)14-9-7-8-13(11-14)12(2)3/h6-9,11-12H,1,10H2,2-5H3. The van der Waals surface area contributed by atoms with Crippen LogP contribution in [0.3, 0.4) is 0 Å². The van der Waals surface area contributed by atoms with Gasteiger partial charge in [-0.05, 0) is 28.9 Å². The van der Waals surface area contributed by atoms with E-state index in [1.807, 2.05) is 6.08 Å². The molecule has 1 rings (SSSR count). The van der Waals surface area contributed by atoms with Gasteiger partial charge in [-0.2, -0.15) is 0 Å². The Morgan fingerprint density at radius 2 is 2.00 bits per heavy atom. The smallest absolute Gasteiger partial charge is 0.00691 e. The molecule has 15 heavy (non-hydrogen) atoms. The van der Waals surface area contributed by atoms with Crippen LogP contribution in [0.25, 0.3) is 0 Å². The van der Waals surface area contributed by atoms with Crippen molar-refractivity contribution in [3.8, 4) is 0 Å². The Morgan fingerprint density at radius 1 is 1.33 bits per heavy atom. The zero-order chi connectivity index (χ0) is 11.5. The molecule has 0 fully saturated rings. The molecule has 0 spiro atoms. The lowest BCUT2D eigenvalue weighted by Crippen LogP contribution is -2.16. The van der Waals surface area contributed by atoms with Crippen molar-refractivity contribution in [2.45, 2.75) is 45.4 Å². The minimum absolute atomic E-state index is 0.201. The Bertz CT molecular complexity index is 332. The second kappa shape index (κ2) is 4.65. The molecule has 0 N–H and O–H groups in total. The highest BCUT2D eigenvalue weighted by molar-refractivity contribution is 5.31. The Kier molecular flexibility index (Phi) is 3.73. The fourth-order valence-electron chi connectivity index (χ4n) is 1.80. The molecular weight excluding hydrogens is 180 g/mol. The minimum atomic E-state index is 0.201. The SMILES string of the molecule is C=CCC(C)(C)c1cccc(C(C)C)c1. The van der Waals surface area contributed by atoms with E-state index in [0.29, 0.717) is 5.92 Å². The molecule has 0 radical (unpaired) electrons. The Balaban J connectivity index is 3.04. The normalized spacial score (nSPS) is 11.8. The molecule has 0 amide bonds. The van der Waals surface area contributed by atoms with Gasteiger partial charge in [-0.1, -0.05) is 58.0 Å². The molecule has 1 aromatic rings. The highest BCUT2D eigenvalue weighted by atomic mass is 14.2. The van der Waals surface area contributed by atoms with Crippen LogP contribution in [0.1, 0.15) is 51.2 Å². The lowest BCUT2D eigenvalue weighted by Gasteiger charge is -2.24. The van der Waals surface area contributed by atoms with Gasteiger partial charge in [0.25, 0.3) is 0 Å². The van der Waals surface area contributed by atoms with Crippen molar-refractivity contribution >= 4 is 0 Å². The summed E-state index contributed by atoms with van der Waals surface area (Å²) in [4.78, 5) is 0. The van der Waals surface area contributed by atoms with Gasteiger partial charge in [0.05, 0.1) is 0 Å². The van der Waals surface area contributed by atoms with E-state index >= 15 is 0 Å². The monoisotopic (exact) mass is 202 g/mol. The number of allylic oxidation sites excluding steroid dienone is 1. The maximum absolute atomic E-state index is 3.83. The summed E-state index contributed by atoms with van der Waals surface area (Å²) in [6.07, 6.45) is 3.02. The molecule has 0 aliphatic carbocycles. The van der Waals surface area contributed by atoms with E-state index < -0.39 is 0 Å². The van der Waals surface area contributed by atoms with Crippen molar-refractivity contribution in [2.24, 2.45) is 0 Å². The highest BCUT2D eigenvalue weighted by Gasteiger charge is 2.19. The first kappa shape index (κ1) is 12.0. The summed E-state index contributed by atoms with van der Waals surface area (Å²) in [5, 5.41) is 0. The number of benzene rings is 1. The van der Waals surface area contributed by atoms with Crippen LogP contribution in [0.5, 0.6) is 0 Å². The molecule has 1 aromatic carbocycles. The molecule has 0 heterocycles. The fourth-order valence-corrected chi connectivity index (χ4v) is 1.80. The number of rotatable bonds is 4. The maximum atomic E-state index is 3.83. The van der Waals surface area contributed by atoms with Crippen LogP contribution in [-0.4, -0.2) is 0 Å². The van der Waals surface area contributed by atoms with Gasteiger partial charge in [-0.25, -0.2) is 0 Å². The summed E-state index contributed by atoms with van der Waals surface area (Å²) < 4.78 is 0. The van der Waals surface area contributed by atoms with Crippen LogP contribution in [0.4, 0.5) is 0 Å². The van der Waals surface area contributed by atoms with Crippen LogP contribution in [0.2, 0.25) is 0 Å². The Hall–Kier alpha value is -1.04. The zero-order valence-electron chi connectivity index (χ0n) is 10.4. The molecule has 0 atom stereocenters. The van der Waals surface area contributed by atoms with Crippen molar-refractivity contribution in [2.75, 3.05) is 0 Å². The van der Waals surface area contributed by atoms with Crippen LogP contribution >= 0.6 is 0 Å². The van der Waals surface area contributed by atoms with E-state index in [2.05, 4.69) is 58.5 Å². The molecule has 0 heteroatoms. The van der Waals surface area contributed by atoms with E-state index in [4.69, 9.17) is 0 Å². The summed E-state index contributed by atoms with van der Waals surface area (Å²) in [5.41, 5.74) is 3.03. The van der Waals surface area contributed by atoms with Crippen LogP contribution in [0.15, 0.2) is 36.9 Å². The van der Waals surface area contributed by atoms with Gasteiger partial charge in [0.2, 0.25) is 0 Å². The molecule has 0 saturated carbocycles. The van der Waals surface area contributed by atoms with Gasteiger partial charge in [-0.3, -0.25) is 0 Å². The highest BCUT2D eigenvalue weighted by Crippen LogP contribution is 2.29. The quantitative estimate of drug-likeness (QED) is 0.623. The van der Waals surface area contributed by atoms with Gasteiger partial charge in [-0.15, -0.1) is 6.58 Å². The van der Waals surface area contributed by atoms with Crippen molar-refractivity contribution in [1.82, 2.24) is 0 Å². The number of hydrogen-bond acceptors (Lipinski definition) is 0. The van der Waals surface area contributed by atoms with Crippen molar-refractivity contribution in [1.29, 1.82) is 0 Å². The number of hydrogen-bond donors (Lipinski definition) is 0. The molecule has 82 valence electrons. The average Bonchev–Trinajstić information content (AvgIpc) is 2.18. The predicted molar refractivity (Wildman–Crippen MR) is 68.4 cm³/mol. The van der Waals surface area contributed by atoms with Crippen LogP contribution in [-0.2, 0) is 5.41 Å². The van der Waals surface area contributed by atoms with E-state index in [9.17, 15) is 0 Å². The average molecular weight is 202 g/mol. The van der Waals surface area contributed by atoms with Crippen molar-refractivity contribution in [3.63, 3.8) is 0 Å². The van der Waals surface area contributed by atoms with E-state index in [-0.39, 0.29) is 5.41 Å².